The molecule has 0 aromatic carbocycles. The lowest BCUT2D eigenvalue weighted by Crippen LogP contribution is -2.22. The summed E-state index contributed by atoms with van der Waals surface area (Å²) in [5.74, 6) is 0.340. The highest BCUT2D eigenvalue weighted by molar-refractivity contribution is 6.76. The van der Waals surface area contributed by atoms with Crippen LogP contribution in [0, 0.1) is 11.3 Å². The van der Waals surface area contributed by atoms with Gasteiger partial charge >= 0.3 is 6.01 Å². The number of rotatable bonds is 15. The Kier molecular flexibility index (Phi) is 10.4. The third kappa shape index (κ3) is 7.92. The van der Waals surface area contributed by atoms with Crippen molar-refractivity contribution in [3.8, 4) is 12.1 Å². The number of anilines is 1. The monoisotopic (exact) mass is 500 g/mol. The van der Waals surface area contributed by atoms with E-state index in [4.69, 9.17) is 20.2 Å². The fraction of sp³-hybridized carbons (Fsp3) is 0.731. The number of hydrogen-bond donors (Lipinski definition) is 1. The molecule has 0 spiro atoms. The van der Waals surface area contributed by atoms with Crippen LogP contribution in [0.25, 0.3) is 11.0 Å². The van der Waals surface area contributed by atoms with Gasteiger partial charge in [-0.05, 0) is 64.2 Å². The number of nitriles is 1. The molecule has 2 aromatic rings. The largest absolute Gasteiger partial charge is 0.463 e. The topological polar surface area (TPSA) is 102 Å². The van der Waals surface area contributed by atoms with E-state index in [0.29, 0.717) is 36.3 Å². The number of fused-ring (bicyclic) bond motifs is 1. The number of hydrogen-bond acceptors (Lipinski definition) is 7. The zero-order valence-corrected chi connectivity index (χ0v) is 23.2. The van der Waals surface area contributed by atoms with Gasteiger partial charge in [-0.1, -0.05) is 39.4 Å². The zero-order valence-electron chi connectivity index (χ0n) is 22.2. The Labute approximate surface area is 211 Å². The van der Waals surface area contributed by atoms with E-state index in [-0.39, 0.29) is 6.73 Å². The van der Waals surface area contributed by atoms with Crippen LogP contribution < -0.4 is 10.5 Å². The first-order valence-corrected chi connectivity index (χ1v) is 17.1. The maximum Gasteiger partial charge on any atom is 0.319 e. The molecule has 8 nitrogen and oxygen atoms in total. The number of aryl methyl sites for hydroxylation is 1. The van der Waals surface area contributed by atoms with Crippen molar-refractivity contribution in [3.63, 3.8) is 0 Å². The minimum atomic E-state index is -1.20. The summed E-state index contributed by atoms with van der Waals surface area (Å²) in [7, 11) is -1.20. The van der Waals surface area contributed by atoms with Crippen molar-refractivity contribution in [2.45, 2.75) is 90.7 Å². The molecular formula is C26H44N6O2Si. The Morgan fingerprint density at radius 1 is 1.06 bits per heavy atom. The second kappa shape index (κ2) is 13.2. The lowest BCUT2D eigenvalue weighted by atomic mass is 10.1. The van der Waals surface area contributed by atoms with Gasteiger partial charge in [0.25, 0.3) is 0 Å². The summed E-state index contributed by atoms with van der Waals surface area (Å²) in [4.78, 5) is 11.7. The minimum Gasteiger partial charge on any atom is -0.463 e. The van der Waals surface area contributed by atoms with Gasteiger partial charge in [-0.15, -0.1) is 0 Å². The number of aromatic nitrogens is 3. The molecule has 35 heavy (non-hydrogen) atoms. The van der Waals surface area contributed by atoms with Crippen molar-refractivity contribution in [2.24, 2.45) is 0 Å². The number of likely N-dealkylation sites (tertiary alicyclic amines) is 1. The summed E-state index contributed by atoms with van der Waals surface area (Å²) in [6, 6.07) is 3.78. The van der Waals surface area contributed by atoms with E-state index >= 15 is 0 Å². The summed E-state index contributed by atoms with van der Waals surface area (Å²) in [5.41, 5.74) is 9.34. The average molecular weight is 501 g/mol. The van der Waals surface area contributed by atoms with Crippen molar-refractivity contribution in [2.75, 3.05) is 38.6 Å². The third-order valence-corrected chi connectivity index (χ3v) is 8.36. The Morgan fingerprint density at radius 3 is 2.51 bits per heavy atom. The van der Waals surface area contributed by atoms with Crippen molar-refractivity contribution < 1.29 is 9.47 Å². The van der Waals surface area contributed by atoms with E-state index in [1.807, 2.05) is 4.57 Å². The van der Waals surface area contributed by atoms with E-state index in [2.05, 4.69) is 42.5 Å². The van der Waals surface area contributed by atoms with Crippen LogP contribution in [0.15, 0.2) is 0 Å². The summed E-state index contributed by atoms with van der Waals surface area (Å²) < 4.78 is 13.7. The van der Waals surface area contributed by atoms with Gasteiger partial charge in [-0.2, -0.15) is 15.2 Å². The smallest absolute Gasteiger partial charge is 0.319 e. The summed E-state index contributed by atoms with van der Waals surface area (Å²) in [6.07, 6.45) is 8.72. The van der Waals surface area contributed by atoms with Gasteiger partial charge in [0.1, 0.15) is 29.5 Å². The molecule has 3 heterocycles. The number of nitrogens with zero attached hydrogens (tertiary/aromatic N) is 5. The van der Waals surface area contributed by atoms with Gasteiger partial charge in [0, 0.05) is 20.2 Å². The predicted octanol–water partition coefficient (Wildman–Crippen LogP) is 5.18. The molecule has 1 aliphatic heterocycles. The van der Waals surface area contributed by atoms with Crippen LogP contribution in [0.1, 0.15) is 63.1 Å². The van der Waals surface area contributed by atoms with Gasteiger partial charge < -0.3 is 24.7 Å². The second-order valence-electron chi connectivity index (χ2n) is 10.9. The van der Waals surface area contributed by atoms with Crippen molar-refractivity contribution in [3.05, 3.63) is 11.3 Å². The summed E-state index contributed by atoms with van der Waals surface area (Å²) in [6.45, 7) is 14.3. The number of ether oxygens (including phenoxy) is 2. The minimum absolute atomic E-state index is 0.280. The van der Waals surface area contributed by atoms with E-state index in [0.717, 1.165) is 49.2 Å². The first-order valence-electron chi connectivity index (χ1n) is 13.4. The predicted molar refractivity (Wildman–Crippen MR) is 144 cm³/mol. The molecule has 9 heteroatoms. The maximum atomic E-state index is 10.1. The maximum absolute atomic E-state index is 10.1. The molecule has 0 amide bonds. The number of nitrogen functional groups attached to an aromatic ring is 1. The van der Waals surface area contributed by atoms with E-state index in [1.165, 1.54) is 38.9 Å². The van der Waals surface area contributed by atoms with Gasteiger partial charge in [-0.3, -0.25) is 0 Å². The Balaban J connectivity index is 1.79. The third-order valence-electron chi connectivity index (χ3n) is 6.65. The molecule has 1 aliphatic rings. The van der Waals surface area contributed by atoms with Crippen LogP contribution >= 0.6 is 0 Å². The Hall–Kier alpha value is -2.15. The molecule has 2 aromatic heterocycles. The van der Waals surface area contributed by atoms with Crippen LogP contribution in [-0.4, -0.2) is 60.4 Å². The van der Waals surface area contributed by atoms with Gasteiger partial charge in [0.2, 0.25) is 0 Å². The van der Waals surface area contributed by atoms with Gasteiger partial charge in [-0.25, -0.2) is 0 Å². The molecule has 0 saturated carbocycles. The summed E-state index contributed by atoms with van der Waals surface area (Å²) >= 11 is 0. The molecule has 0 aliphatic carbocycles. The lowest BCUT2D eigenvalue weighted by Gasteiger charge is -2.16. The fourth-order valence-electron chi connectivity index (χ4n) is 4.53. The zero-order chi connectivity index (χ0) is 25.3. The fourth-order valence-corrected chi connectivity index (χ4v) is 5.29. The molecule has 0 bridgehead atoms. The highest BCUT2D eigenvalue weighted by Crippen LogP contribution is 2.31. The molecule has 1 fully saturated rings. The molecule has 2 N–H and O–H groups in total. The average Bonchev–Trinajstić information content (AvgIpc) is 3.42. The van der Waals surface area contributed by atoms with Crippen LogP contribution in [0.4, 0.5) is 5.82 Å². The highest BCUT2D eigenvalue weighted by Gasteiger charge is 2.23. The van der Waals surface area contributed by atoms with Gasteiger partial charge in [0.05, 0.1) is 6.61 Å². The van der Waals surface area contributed by atoms with Gasteiger partial charge in [0.15, 0.2) is 5.82 Å². The van der Waals surface area contributed by atoms with E-state index in [1.54, 1.807) is 0 Å². The normalized spacial score (nSPS) is 14.6. The molecule has 0 unspecified atom stereocenters. The van der Waals surface area contributed by atoms with Crippen LogP contribution in [0.2, 0.25) is 25.7 Å². The quantitative estimate of drug-likeness (QED) is 0.265. The SMILES string of the molecule is CCCCOc1nc(N)c2c(n1)c(CCCCCN1CCCC1)c(C#N)n2COCC[Si](C)(C)C. The molecule has 1 saturated heterocycles. The summed E-state index contributed by atoms with van der Waals surface area (Å²) in [5, 5.41) is 10.1. The van der Waals surface area contributed by atoms with Crippen LogP contribution in [0.5, 0.6) is 6.01 Å². The van der Waals surface area contributed by atoms with Crippen molar-refractivity contribution in [1.29, 1.82) is 5.26 Å². The van der Waals surface area contributed by atoms with Crippen LogP contribution in [-0.2, 0) is 17.9 Å². The molecule has 0 atom stereocenters. The Bertz CT molecular complexity index is 989. The van der Waals surface area contributed by atoms with E-state index in [9.17, 15) is 5.26 Å². The Morgan fingerprint density at radius 2 is 1.83 bits per heavy atom. The number of nitrogens with two attached hydrogens (primary N) is 1. The van der Waals surface area contributed by atoms with E-state index < -0.39 is 8.07 Å². The second-order valence-corrected chi connectivity index (χ2v) is 16.5. The lowest BCUT2D eigenvalue weighted by molar-refractivity contribution is 0.0896. The molecule has 0 radical (unpaired) electrons. The van der Waals surface area contributed by atoms with Crippen molar-refractivity contribution >= 4 is 24.9 Å². The first-order chi connectivity index (χ1) is 16.8. The van der Waals surface area contributed by atoms with Crippen LogP contribution in [0.3, 0.4) is 0 Å². The highest BCUT2D eigenvalue weighted by atomic mass is 28.3. The first kappa shape index (κ1) is 27.4. The molecule has 3 rings (SSSR count). The molecule has 194 valence electrons. The standard InChI is InChI=1S/C26H44N6O2Si/c1-5-6-16-34-26-29-23-21(12-8-7-9-13-31-14-10-11-15-31)22(19-27)32(24(23)25(28)30-26)20-33-17-18-35(2,3)4/h5-18,20H2,1-4H3,(H2,28,29,30). The number of unbranched alkanes of at least 4 members (excludes halogenated alkanes) is 3. The molecular weight excluding hydrogens is 456 g/mol. The van der Waals surface area contributed by atoms with Crippen molar-refractivity contribution in [1.82, 2.24) is 19.4 Å².